The van der Waals surface area contributed by atoms with Gasteiger partial charge in [-0.15, -0.1) is 0 Å². The van der Waals surface area contributed by atoms with Gasteiger partial charge in [-0.1, -0.05) is 13.8 Å². The van der Waals surface area contributed by atoms with E-state index in [1.165, 1.54) is 13.3 Å². The number of aliphatic imine (C=N–C) groups is 1. The Labute approximate surface area is 83.7 Å². The van der Waals surface area contributed by atoms with Crippen LogP contribution >= 0.6 is 0 Å². The molecule has 1 amide bonds. The molecule has 0 spiro atoms. The molecule has 0 fully saturated rings. The van der Waals surface area contributed by atoms with Gasteiger partial charge in [-0.05, 0) is 0 Å². The first-order chi connectivity index (χ1) is 6.74. The van der Waals surface area contributed by atoms with Gasteiger partial charge in [0.15, 0.2) is 5.84 Å². The maximum absolute atomic E-state index is 10.7. The van der Waals surface area contributed by atoms with Gasteiger partial charge in [0.05, 0.1) is 12.5 Å². The summed E-state index contributed by atoms with van der Waals surface area (Å²) in [7, 11) is 1.60. The van der Waals surface area contributed by atoms with Crippen LogP contribution in [0.25, 0.3) is 0 Å². The lowest BCUT2D eigenvalue weighted by Gasteiger charge is -2.01. The monoisotopic (exact) mass is 196 g/mol. The fourth-order valence-electron chi connectivity index (χ4n) is 0.796. The highest BCUT2D eigenvalue weighted by Crippen LogP contribution is 1.91. The summed E-state index contributed by atoms with van der Waals surface area (Å²) in [5, 5.41) is 2.57. The molecule has 0 aromatic carbocycles. The summed E-state index contributed by atoms with van der Waals surface area (Å²) in [6.45, 7) is 5.43. The topological polar surface area (TPSA) is 70.1 Å². The summed E-state index contributed by atoms with van der Waals surface area (Å²) in [6.07, 6.45) is 3.13. The molecule has 0 saturated heterocycles. The van der Waals surface area contributed by atoms with Crippen molar-refractivity contribution >= 4 is 11.7 Å². The molecule has 0 aliphatic rings. The van der Waals surface area contributed by atoms with Crippen LogP contribution in [-0.4, -0.2) is 28.8 Å². The number of aromatic amines is 1. The van der Waals surface area contributed by atoms with Crippen molar-refractivity contribution in [1.82, 2.24) is 15.3 Å². The summed E-state index contributed by atoms with van der Waals surface area (Å²) in [4.78, 5) is 21.2. The number of amidine groups is 1. The summed E-state index contributed by atoms with van der Waals surface area (Å²) >= 11 is 0. The highest BCUT2D eigenvalue weighted by Gasteiger charge is 2.04. The predicted molar refractivity (Wildman–Crippen MR) is 56.2 cm³/mol. The molecule has 0 aliphatic heterocycles. The molecule has 2 N–H and O–H groups in total. The van der Waals surface area contributed by atoms with Crippen LogP contribution in [0.3, 0.4) is 0 Å². The van der Waals surface area contributed by atoms with Crippen LogP contribution in [0.15, 0.2) is 17.5 Å². The highest BCUT2D eigenvalue weighted by molar-refractivity contribution is 6.06. The van der Waals surface area contributed by atoms with Gasteiger partial charge in [-0.25, -0.2) is 4.98 Å². The van der Waals surface area contributed by atoms with Crippen molar-refractivity contribution in [3.63, 3.8) is 0 Å². The number of carbonyl (C=O) groups excluding carboxylic acids is 1. The lowest BCUT2D eigenvalue weighted by Crippen LogP contribution is -2.29. The maximum atomic E-state index is 10.7. The second-order valence-corrected chi connectivity index (χ2v) is 2.22. The summed E-state index contributed by atoms with van der Waals surface area (Å²) in [6, 6.07) is 0. The molecule has 14 heavy (non-hydrogen) atoms. The van der Waals surface area contributed by atoms with Crippen molar-refractivity contribution in [3.8, 4) is 0 Å². The van der Waals surface area contributed by atoms with Gasteiger partial charge in [-0.3, -0.25) is 9.79 Å². The second kappa shape index (κ2) is 6.82. The molecule has 5 nitrogen and oxygen atoms in total. The van der Waals surface area contributed by atoms with Crippen molar-refractivity contribution in [1.29, 1.82) is 0 Å². The Morgan fingerprint density at radius 2 is 2.21 bits per heavy atom. The standard InChI is InChI=1S/C7H10N4O.C2H6/c1-5(12)11-7(8-2)6-3-9-4-10-6;1-2/h3-4H,1-2H3,(H,9,10)(H,8,11,12);1-2H3. The van der Waals surface area contributed by atoms with Crippen LogP contribution in [0, 0.1) is 0 Å². The van der Waals surface area contributed by atoms with E-state index < -0.39 is 0 Å². The van der Waals surface area contributed by atoms with Crippen LogP contribution < -0.4 is 5.32 Å². The molecule has 1 rings (SSSR count). The molecule has 1 heterocycles. The molecular formula is C9H16N4O. The lowest BCUT2D eigenvalue weighted by molar-refractivity contribution is -0.117. The number of hydrogen-bond donors (Lipinski definition) is 2. The van der Waals surface area contributed by atoms with Crippen LogP contribution in [0.4, 0.5) is 0 Å². The Morgan fingerprint density at radius 1 is 1.57 bits per heavy atom. The third kappa shape index (κ3) is 3.84. The lowest BCUT2D eigenvalue weighted by atomic mass is 10.4. The van der Waals surface area contributed by atoms with Gasteiger partial charge in [0.25, 0.3) is 0 Å². The first-order valence-corrected chi connectivity index (χ1v) is 4.47. The quantitative estimate of drug-likeness (QED) is 0.518. The molecular weight excluding hydrogens is 180 g/mol. The van der Waals surface area contributed by atoms with E-state index in [-0.39, 0.29) is 5.91 Å². The van der Waals surface area contributed by atoms with E-state index in [0.717, 1.165) is 0 Å². The first kappa shape index (κ1) is 12.3. The number of carbonyl (C=O) groups is 1. The second-order valence-electron chi connectivity index (χ2n) is 2.22. The summed E-state index contributed by atoms with van der Waals surface area (Å²) < 4.78 is 0. The Bertz CT molecular complexity index is 290. The average molecular weight is 196 g/mol. The molecule has 0 radical (unpaired) electrons. The van der Waals surface area contributed by atoms with Crippen molar-refractivity contribution in [2.45, 2.75) is 20.8 Å². The number of amides is 1. The molecule has 0 aliphatic carbocycles. The van der Waals surface area contributed by atoms with Gasteiger partial charge in [-0.2, -0.15) is 0 Å². The number of hydrogen-bond acceptors (Lipinski definition) is 3. The molecule has 78 valence electrons. The van der Waals surface area contributed by atoms with Crippen LogP contribution in [-0.2, 0) is 4.79 Å². The zero-order valence-corrected chi connectivity index (χ0v) is 8.96. The Balaban J connectivity index is 0.000000791. The largest absolute Gasteiger partial charge is 0.342 e. The van der Waals surface area contributed by atoms with Gasteiger partial charge < -0.3 is 10.3 Å². The van der Waals surface area contributed by atoms with Crippen LogP contribution in [0.2, 0.25) is 0 Å². The Morgan fingerprint density at radius 3 is 2.57 bits per heavy atom. The minimum Gasteiger partial charge on any atom is -0.342 e. The van der Waals surface area contributed by atoms with Crippen molar-refractivity contribution in [2.75, 3.05) is 7.05 Å². The fourth-order valence-corrected chi connectivity index (χ4v) is 0.796. The molecule has 0 atom stereocenters. The molecule has 1 aromatic heterocycles. The SMILES string of the molecule is CC.CN=C(NC(C)=O)c1cnc[nH]1. The Kier molecular flexibility index (Phi) is 6.02. The summed E-state index contributed by atoms with van der Waals surface area (Å²) in [5.74, 6) is 0.352. The molecule has 5 heteroatoms. The highest BCUT2D eigenvalue weighted by atomic mass is 16.1. The number of nitrogens with zero attached hydrogens (tertiary/aromatic N) is 2. The molecule has 0 unspecified atom stereocenters. The number of rotatable bonds is 1. The number of H-pyrrole nitrogens is 1. The predicted octanol–water partition coefficient (Wildman–Crippen LogP) is 0.948. The van der Waals surface area contributed by atoms with E-state index in [9.17, 15) is 4.79 Å². The minimum absolute atomic E-state index is 0.148. The zero-order valence-electron chi connectivity index (χ0n) is 8.96. The first-order valence-electron chi connectivity index (χ1n) is 4.47. The van der Waals surface area contributed by atoms with Gasteiger partial charge in [0, 0.05) is 14.0 Å². The molecule has 0 bridgehead atoms. The number of aromatic nitrogens is 2. The fraction of sp³-hybridized carbons (Fsp3) is 0.444. The van der Waals surface area contributed by atoms with Crippen LogP contribution in [0.5, 0.6) is 0 Å². The zero-order chi connectivity index (χ0) is 11.0. The van der Waals surface area contributed by atoms with Crippen molar-refractivity contribution in [3.05, 3.63) is 18.2 Å². The third-order valence-corrected chi connectivity index (χ3v) is 1.27. The number of imidazole rings is 1. The average Bonchev–Trinajstić information content (AvgIpc) is 2.70. The minimum atomic E-state index is -0.148. The smallest absolute Gasteiger partial charge is 0.222 e. The van der Waals surface area contributed by atoms with E-state index in [2.05, 4.69) is 20.3 Å². The summed E-state index contributed by atoms with van der Waals surface area (Å²) in [5.41, 5.74) is 0.702. The van der Waals surface area contributed by atoms with Crippen molar-refractivity contribution < 1.29 is 4.79 Å². The normalized spacial score (nSPS) is 10.1. The molecule has 1 aromatic rings. The van der Waals surface area contributed by atoms with E-state index in [0.29, 0.717) is 11.5 Å². The van der Waals surface area contributed by atoms with Crippen LogP contribution in [0.1, 0.15) is 26.5 Å². The van der Waals surface area contributed by atoms with Crippen molar-refractivity contribution in [2.24, 2.45) is 4.99 Å². The molecule has 0 saturated carbocycles. The Hall–Kier alpha value is -1.65. The van der Waals surface area contributed by atoms with E-state index in [1.54, 1.807) is 13.2 Å². The maximum Gasteiger partial charge on any atom is 0.222 e. The third-order valence-electron chi connectivity index (χ3n) is 1.27. The van der Waals surface area contributed by atoms with Gasteiger partial charge in [0.1, 0.15) is 5.69 Å². The van der Waals surface area contributed by atoms with Gasteiger partial charge >= 0.3 is 0 Å². The number of nitrogens with one attached hydrogen (secondary N) is 2. The van der Waals surface area contributed by atoms with Gasteiger partial charge in [0.2, 0.25) is 5.91 Å². The van der Waals surface area contributed by atoms with E-state index in [4.69, 9.17) is 0 Å². The van der Waals surface area contributed by atoms with E-state index >= 15 is 0 Å². The van der Waals surface area contributed by atoms with E-state index in [1.807, 2.05) is 13.8 Å².